The van der Waals surface area contributed by atoms with Gasteiger partial charge in [0.2, 0.25) is 5.91 Å². The number of hydrogen-bond acceptors (Lipinski definition) is 7. The van der Waals surface area contributed by atoms with Crippen molar-refractivity contribution >= 4 is 61.5 Å². The van der Waals surface area contributed by atoms with Crippen molar-refractivity contribution in [2.75, 3.05) is 32.6 Å². The molecule has 43 heavy (non-hydrogen) atoms. The van der Waals surface area contributed by atoms with Crippen LogP contribution in [-0.4, -0.2) is 75.6 Å². The molecular weight excluding hydrogens is 637 g/mol. The summed E-state index contributed by atoms with van der Waals surface area (Å²) in [6, 6.07) is 5.73. The summed E-state index contributed by atoms with van der Waals surface area (Å²) in [5.74, 6) is -0.358. The molecule has 0 spiro atoms. The summed E-state index contributed by atoms with van der Waals surface area (Å²) in [6.07, 6.45) is 3.08. The van der Waals surface area contributed by atoms with Gasteiger partial charge < -0.3 is 23.8 Å². The van der Waals surface area contributed by atoms with Crippen LogP contribution in [0.4, 0.5) is 9.18 Å². The van der Waals surface area contributed by atoms with Crippen LogP contribution in [0.25, 0.3) is 21.8 Å². The van der Waals surface area contributed by atoms with E-state index < -0.39 is 11.4 Å². The highest BCUT2D eigenvalue weighted by Gasteiger charge is 2.56. The number of thioether (sulfide) groups is 1. The number of ether oxygens (including phenoxy) is 2. The van der Waals surface area contributed by atoms with Crippen LogP contribution in [0.1, 0.15) is 63.9 Å². The molecule has 1 aliphatic carbocycles. The maximum absolute atomic E-state index is 16.0. The number of aromatic nitrogens is 2. The molecule has 2 bridgehead atoms. The molecule has 5 heterocycles. The third-order valence-corrected chi connectivity index (χ3v) is 10.4. The van der Waals surface area contributed by atoms with E-state index in [1.165, 1.54) is 11.8 Å². The Bertz CT molecular complexity index is 1680. The average molecular weight is 673 g/mol. The molecule has 228 valence electrons. The van der Waals surface area contributed by atoms with Gasteiger partial charge in [0.15, 0.2) is 5.82 Å². The van der Waals surface area contributed by atoms with Crippen LogP contribution in [0, 0.1) is 23.1 Å². The average Bonchev–Trinajstić information content (AvgIpc) is 3.66. The van der Waals surface area contributed by atoms with Crippen LogP contribution in [-0.2, 0) is 20.7 Å². The summed E-state index contributed by atoms with van der Waals surface area (Å²) in [6.45, 7) is 9.14. The van der Waals surface area contributed by atoms with Gasteiger partial charge in [-0.3, -0.25) is 4.79 Å². The Morgan fingerprint density at radius 1 is 1.35 bits per heavy atom. The third kappa shape index (κ3) is 5.07. The molecule has 2 aromatic heterocycles. The summed E-state index contributed by atoms with van der Waals surface area (Å²) >= 11 is 4.87. The van der Waals surface area contributed by atoms with Crippen molar-refractivity contribution in [3.05, 3.63) is 33.7 Å². The number of carbonyl (C=O) groups excluding carboxylic acids is 2. The largest absolute Gasteiger partial charge is 0.444 e. The number of morpholine rings is 1. The summed E-state index contributed by atoms with van der Waals surface area (Å²) in [5, 5.41) is 11.5. The molecule has 3 aromatic rings. The third-order valence-electron chi connectivity index (χ3n) is 8.82. The van der Waals surface area contributed by atoms with Crippen molar-refractivity contribution in [1.29, 1.82) is 5.26 Å². The van der Waals surface area contributed by atoms with Crippen molar-refractivity contribution in [1.82, 2.24) is 19.4 Å². The molecule has 0 N–H and O–H groups in total. The molecule has 9 nitrogen and oxygen atoms in total. The van der Waals surface area contributed by atoms with Crippen LogP contribution in [0.5, 0.6) is 0 Å². The number of amides is 2. The second-order valence-corrected chi connectivity index (χ2v) is 14.1. The van der Waals surface area contributed by atoms with Gasteiger partial charge in [-0.15, -0.1) is 11.8 Å². The Kier molecular flexibility index (Phi) is 7.88. The smallest absolute Gasteiger partial charge is 0.410 e. The number of nitrogens with zero attached hydrogens (tertiary/aromatic N) is 5. The first kappa shape index (κ1) is 30.2. The maximum atomic E-state index is 16.0. The second-order valence-electron chi connectivity index (χ2n) is 12.5. The Hall–Kier alpha value is -2.88. The Balaban J connectivity index is 1.59. The van der Waals surface area contributed by atoms with Crippen molar-refractivity contribution in [2.24, 2.45) is 5.92 Å². The summed E-state index contributed by atoms with van der Waals surface area (Å²) < 4.78 is 29.8. The summed E-state index contributed by atoms with van der Waals surface area (Å²) in [7, 11) is 0. The molecule has 3 saturated heterocycles. The molecular formula is C31H35BrFN5O4S. The first-order valence-corrected chi connectivity index (χ1v) is 16.6. The lowest BCUT2D eigenvalue weighted by molar-refractivity contribution is -0.145. The standard InChI is InChI=1S/C31H35BrFN5O4S/c1-16(36-9-10-41-15-23(36)39)21-13-20-28(38(21)27-18-12-22(27)37(14-18)30(40)42-31(2,3)4)19-11-17(7-6-8-34)24(32)25(33)26(19)35-29(20)43-5/h11,13,16,18,22,27H,6-7,9-10,12,14-15H2,1-5H3/t16-,18-,22-,27+/m1/s1. The predicted molar refractivity (Wildman–Crippen MR) is 165 cm³/mol. The first-order valence-electron chi connectivity index (χ1n) is 14.6. The highest BCUT2D eigenvalue weighted by atomic mass is 79.9. The molecule has 4 aliphatic rings. The van der Waals surface area contributed by atoms with Crippen LogP contribution < -0.4 is 0 Å². The van der Waals surface area contributed by atoms with Crippen LogP contribution >= 0.6 is 27.7 Å². The number of rotatable bonds is 6. The van der Waals surface area contributed by atoms with Crippen LogP contribution in [0.15, 0.2) is 21.6 Å². The normalized spacial score (nSPS) is 22.7. The number of hydrogen-bond donors (Lipinski definition) is 0. The highest BCUT2D eigenvalue weighted by Crippen LogP contribution is 2.53. The molecule has 0 unspecified atom stereocenters. The Morgan fingerprint density at radius 2 is 2.12 bits per heavy atom. The molecule has 1 aromatic carbocycles. The summed E-state index contributed by atoms with van der Waals surface area (Å²) in [5.41, 5.74) is 2.09. The van der Waals surface area contributed by atoms with Gasteiger partial charge in [-0.2, -0.15) is 5.26 Å². The summed E-state index contributed by atoms with van der Waals surface area (Å²) in [4.78, 5) is 34.7. The van der Waals surface area contributed by atoms with Crippen LogP contribution in [0.2, 0.25) is 0 Å². The Labute approximate surface area is 262 Å². The van der Waals surface area contributed by atoms with Crippen molar-refractivity contribution in [2.45, 2.75) is 75.7 Å². The van der Waals surface area contributed by atoms with E-state index in [4.69, 9.17) is 14.5 Å². The number of fused-ring (bicyclic) bond motifs is 4. The lowest BCUT2D eigenvalue weighted by atomic mass is 9.79. The van der Waals surface area contributed by atoms with Crippen molar-refractivity contribution in [3.8, 4) is 6.07 Å². The molecule has 2 amide bonds. The number of carbonyl (C=O) groups is 2. The van der Waals surface area contributed by atoms with Crippen molar-refractivity contribution < 1.29 is 23.5 Å². The van der Waals surface area contributed by atoms with Crippen LogP contribution in [0.3, 0.4) is 0 Å². The number of pyridine rings is 1. The van der Waals surface area contributed by atoms with Gasteiger partial charge in [0.25, 0.3) is 0 Å². The highest BCUT2D eigenvalue weighted by molar-refractivity contribution is 9.10. The monoisotopic (exact) mass is 671 g/mol. The molecule has 3 aliphatic heterocycles. The van der Waals surface area contributed by atoms with E-state index in [2.05, 4.69) is 32.6 Å². The zero-order valence-corrected chi connectivity index (χ0v) is 27.3. The second kappa shape index (κ2) is 11.2. The lowest BCUT2D eigenvalue weighted by Gasteiger charge is -2.41. The molecule has 7 rings (SSSR count). The maximum Gasteiger partial charge on any atom is 0.410 e. The van der Waals surface area contributed by atoms with E-state index in [1.807, 2.05) is 49.8 Å². The fraction of sp³-hybridized carbons (Fsp3) is 0.548. The Morgan fingerprint density at radius 3 is 2.79 bits per heavy atom. The fourth-order valence-corrected chi connectivity index (χ4v) is 7.94. The van der Waals surface area contributed by atoms with Gasteiger partial charge >= 0.3 is 6.09 Å². The lowest BCUT2D eigenvalue weighted by Crippen LogP contribution is -2.46. The number of aryl methyl sites for hydroxylation is 1. The molecule has 4 atom stereocenters. The van der Waals surface area contributed by atoms with Gasteiger partial charge in [0.1, 0.15) is 22.8 Å². The molecule has 0 radical (unpaired) electrons. The molecule has 1 saturated carbocycles. The van der Waals surface area contributed by atoms with Crippen molar-refractivity contribution in [3.63, 3.8) is 0 Å². The quantitative estimate of drug-likeness (QED) is 0.281. The van der Waals surface area contributed by atoms with Gasteiger partial charge in [0, 0.05) is 41.9 Å². The minimum Gasteiger partial charge on any atom is -0.444 e. The molecule has 12 heteroatoms. The van der Waals surface area contributed by atoms with E-state index in [9.17, 15) is 14.9 Å². The topological polar surface area (TPSA) is 101 Å². The van der Waals surface area contributed by atoms with Gasteiger partial charge in [-0.25, -0.2) is 14.2 Å². The van der Waals surface area contributed by atoms with E-state index in [0.29, 0.717) is 46.6 Å². The fourth-order valence-electron chi connectivity index (χ4n) is 6.88. The number of benzene rings is 1. The van der Waals surface area contributed by atoms with E-state index in [0.717, 1.165) is 23.0 Å². The number of halogens is 2. The SMILES string of the molecule is CSc1nc2c(F)c(Br)c(CCC#N)cc2c2c1cc([C@@H](C)N1CCOCC1=O)n2[C@H]1[C@@H]2C[C@H]1N(C(=O)OC(C)(C)C)C2. The first-order chi connectivity index (χ1) is 20.4. The van der Waals surface area contributed by atoms with Gasteiger partial charge in [-0.05, 0) is 80.4 Å². The number of nitriles is 1. The predicted octanol–water partition coefficient (Wildman–Crippen LogP) is 6.37. The van der Waals surface area contributed by atoms with Gasteiger partial charge in [-0.1, -0.05) is 0 Å². The van der Waals surface area contributed by atoms with E-state index in [1.54, 1.807) is 0 Å². The minimum atomic E-state index is -0.615. The zero-order valence-electron chi connectivity index (χ0n) is 24.9. The van der Waals surface area contributed by atoms with Gasteiger partial charge in [0.05, 0.1) is 40.8 Å². The minimum absolute atomic E-state index is 0.0354. The van der Waals surface area contributed by atoms with E-state index >= 15 is 4.39 Å². The zero-order chi connectivity index (χ0) is 30.8. The molecule has 4 fully saturated rings. The van der Waals surface area contributed by atoms with E-state index in [-0.39, 0.29) is 54.6 Å².